The number of para-hydroxylation sites is 4. The van der Waals surface area contributed by atoms with Gasteiger partial charge in [0.25, 0.3) is 0 Å². The lowest BCUT2D eigenvalue weighted by Gasteiger charge is -2.13. The van der Waals surface area contributed by atoms with Crippen molar-refractivity contribution in [2.75, 3.05) is 13.7 Å². The molecule has 0 fully saturated rings. The highest BCUT2D eigenvalue weighted by atomic mass is 16.5. The molecule has 5 nitrogen and oxygen atoms in total. The number of hydrogen-bond donors (Lipinski definition) is 0. The van der Waals surface area contributed by atoms with Crippen molar-refractivity contribution in [1.29, 1.82) is 0 Å². The van der Waals surface area contributed by atoms with Crippen LogP contribution in [-0.2, 0) is 13.2 Å². The summed E-state index contributed by atoms with van der Waals surface area (Å²) in [7, 11) is 1.65. The monoisotopic (exact) mass is 416 g/mol. The summed E-state index contributed by atoms with van der Waals surface area (Å²) in [5.74, 6) is 3.27. The molecule has 3 aromatic carbocycles. The third kappa shape index (κ3) is 4.82. The molecule has 0 aliphatic rings. The number of rotatable bonds is 9. The van der Waals surface area contributed by atoms with Crippen LogP contribution in [0.25, 0.3) is 11.0 Å². The molecule has 1 aromatic heterocycles. The van der Waals surface area contributed by atoms with Gasteiger partial charge in [-0.1, -0.05) is 36.4 Å². The SMILES string of the molecule is COc1ccccc1OCc1nc2ccccc2n1CCCOc1cc(C)ccc1C. The van der Waals surface area contributed by atoms with Crippen molar-refractivity contribution in [3.63, 3.8) is 0 Å². The van der Waals surface area contributed by atoms with E-state index in [9.17, 15) is 0 Å². The lowest BCUT2D eigenvalue weighted by atomic mass is 10.1. The van der Waals surface area contributed by atoms with E-state index in [0.29, 0.717) is 24.7 Å². The second kappa shape index (κ2) is 9.56. The topological polar surface area (TPSA) is 45.5 Å². The molecule has 0 N–H and O–H groups in total. The highest BCUT2D eigenvalue weighted by molar-refractivity contribution is 5.75. The van der Waals surface area contributed by atoms with E-state index in [-0.39, 0.29) is 0 Å². The summed E-state index contributed by atoms with van der Waals surface area (Å²) in [5, 5.41) is 0. The van der Waals surface area contributed by atoms with Crippen LogP contribution in [0.4, 0.5) is 0 Å². The third-order valence-corrected chi connectivity index (χ3v) is 5.29. The minimum Gasteiger partial charge on any atom is -0.493 e. The van der Waals surface area contributed by atoms with Gasteiger partial charge in [0.05, 0.1) is 24.8 Å². The van der Waals surface area contributed by atoms with E-state index in [4.69, 9.17) is 19.2 Å². The van der Waals surface area contributed by atoms with Crippen LogP contribution in [0.1, 0.15) is 23.4 Å². The van der Waals surface area contributed by atoms with Gasteiger partial charge in [-0.3, -0.25) is 0 Å². The first kappa shape index (κ1) is 20.8. The number of hydrogen-bond acceptors (Lipinski definition) is 4. The van der Waals surface area contributed by atoms with Crippen molar-refractivity contribution in [3.8, 4) is 17.2 Å². The maximum absolute atomic E-state index is 6.05. The van der Waals surface area contributed by atoms with Crippen molar-refractivity contribution in [2.45, 2.75) is 33.4 Å². The molecule has 0 saturated heterocycles. The summed E-state index contributed by atoms with van der Waals surface area (Å²) in [6.07, 6.45) is 0.870. The first-order chi connectivity index (χ1) is 15.2. The predicted molar refractivity (Wildman–Crippen MR) is 123 cm³/mol. The van der Waals surface area contributed by atoms with Gasteiger partial charge in [-0.25, -0.2) is 4.98 Å². The van der Waals surface area contributed by atoms with Crippen molar-refractivity contribution < 1.29 is 14.2 Å². The van der Waals surface area contributed by atoms with E-state index in [2.05, 4.69) is 42.7 Å². The van der Waals surface area contributed by atoms with Crippen LogP contribution in [0.3, 0.4) is 0 Å². The third-order valence-electron chi connectivity index (χ3n) is 5.29. The van der Waals surface area contributed by atoms with Crippen molar-refractivity contribution in [3.05, 3.63) is 83.7 Å². The fourth-order valence-corrected chi connectivity index (χ4v) is 3.63. The quantitative estimate of drug-likeness (QED) is 0.328. The van der Waals surface area contributed by atoms with E-state index in [1.165, 1.54) is 5.56 Å². The van der Waals surface area contributed by atoms with Gasteiger partial charge in [0.1, 0.15) is 18.2 Å². The number of nitrogens with zero attached hydrogens (tertiary/aromatic N) is 2. The Morgan fingerprint density at radius 3 is 2.45 bits per heavy atom. The fourth-order valence-electron chi connectivity index (χ4n) is 3.63. The molecule has 5 heteroatoms. The summed E-state index contributed by atoms with van der Waals surface area (Å²) in [4.78, 5) is 4.80. The van der Waals surface area contributed by atoms with Crippen LogP contribution in [0.15, 0.2) is 66.7 Å². The van der Waals surface area contributed by atoms with Gasteiger partial charge in [0.2, 0.25) is 0 Å². The van der Waals surface area contributed by atoms with Crippen LogP contribution < -0.4 is 14.2 Å². The van der Waals surface area contributed by atoms with E-state index < -0.39 is 0 Å². The van der Waals surface area contributed by atoms with Crippen LogP contribution in [0, 0.1) is 13.8 Å². The Balaban J connectivity index is 1.46. The zero-order chi connectivity index (χ0) is 21.6. The summed E-state index contributed by atoms with van der Waals surface area (Å²) in [6, 6.07) is 22.1. The lowest BCUT2D eigenvalue weighted by Crippen LogP contribution is -2.10. The van der Waals surface area contributed by atoms with Crippen LogP contribution in [-0.4, -0.2) is 23.3 Å². The molecule has 0 atom stereocenters. The van der Waals surface area contributed by atoms with Gasteiger partial charge in [0.15, 0.2) is 11.5 Å². The van der Waals surface area contributed by atoms with Gasteiger partial charge >= 0.3 is 0 Å². The maximum atomic E-state index is 6.05. The molecule has 0 spiro atoms. The zero-order valence-electron chi connectivity index (χ0n) is 18.3. The number of benzene rings is 3. The zero-order valence-corrected chi connectivity index (χ0v) is 18.3. The highest BCUT2D eigenvalue weighted by Crippen LogP contribution is 2.27. The Hall–Kier alpha value is -3.47. The minimum absolute atomic E-state index is 0.368. The molecule has 0 unspecified atom stereocenters. The predicted octanol–water partition coefficient (Wildman–Crippen LogP) is 5.71. The van der Waals surface area contributed by atoms with Gasteiger partial charge in [-0.2, -0.15) is 0 Å². The molecule has 0 bridgehead atoms. The number of aromatic nitrogens is 2. The van der Waals surface area contributed by atoms with E-state index in [1.807, 2.05) is 42.5 Å². The Morgan fingerprint density at radius 1 is 0.839 bits per heavy atom. The summed E-state index contributed by atoms with van der Waals surface area (Å²) < 4.78 is 19.7. The molecular formula is C26H28N2O3. The van der Waals surface area contributed by atoms with Crippen LogP contribution in [0.2, 0.25) is 0 Å². The van der Waals surface area contributed by atoms with Gasteiger partial charge in [-0.05, 0) is 61.7 Å². The standard InChI is InChI=1S/C26H28N2O3/c1-19-13-14-20(2)25(17-19)30-16-8-15-28-22-10-5-4-9-21(22)27-26(28)18-31-24-12-7-6-11-23(24)29-3/h4-7,9-14,17H,8,15-16,18H2,1-3H3. The maximum Gasteiger partial charge on any atom is 0.161 e. The van der Waals surface area contributed by atoms with E-state index >= 15 is 0 Å². The molecule has 4 rings (SSSR count). The summed E-state index contributed by atoms with van der Waals surface area (Å²) in [6.45, 7) is 5.97. The minimum atomic E-state index is 0.368. The normalized spacial score (nSPS) is 10.9. The number of ether oxygens (including phenoxy) is 3. The van der Waals surface area contributed by atoms with Gasteiger partial charge < -0.3 is 18.8 Å². The van der Waals surface area contributed by atoms with Gasteiger partial charge in [0, 0.05) is 6.54 Å². The first-order valence-electron chi connectivity index (χ1n) is 10.6. The number of fused-ring (bicyclic) bond motifs is 1. The second-order valence-electron chi connectivity index (χ2n) is 7.58. The van der Waals surface area contributed by atoms with Gasteiger partial charge in [-0.15, -0.1) is 0 Å². The lowest BCUT2D eigenvalue weighted by molar-refractivity contribution is 0.267. The Bertz CT molecular complexity index is 1170. The molecule has 31 heavy (non-hydrogen) atoms. The fraction of sp³-hybridized carbons (Fsp3) is 0.269. The Kier molecular flexibility index (Phi) is 6.41. The Morgan fingerprint density at radius 2 is 1.61 bits per heavy atom. The van der Waals surface area contributed by atoms with E-state index in [0.717, 1.165) is 41.1 Å². The smallest absolute Gasteiger partial charge is 0.161 e. The molecule has 0 radical (unpaired) electrons. The van der Waals surface area contributed by atoms with Crippen LogP contribution in [0.5, 0.6) is 17.2 Å². The molecule has 160 valence electrons. The molecule has 0 aliphatic carbocycles. The average molecular weight is 417 g/mol. The molecule has 0 amide bonds. The average Bonchev–Trinajstić information content (AvgIpc) is 3.15. The van der Waals surface area contributed by atoms with Crippen molar-refractivity contribution >= 4 is 11.0 Å². The number of methoxy groups -OCH3 is 1. The Labute approximate surface area is 183 Å². The molecular weight excluding hydrogens is 388 g/mol. The highest BCUT2D eigenvalue weighted by Gasteiger charge is 2.12. The van der Waals surface area contributed by atoms with Crippen molar-refractivity contribution in [2.24, 2.45) is 0 Å². The molecule has 4 aromatic rings. The summed E-state index contributed by atoms with van der Waals surface area (Å²) >= 11 is 0. The second-order valence-corrected chi connectivity index (χ2v) is 7.58. The molecule has 0 saturated carbocycles. The first-order valence-corrected chi connectivity index (χ1v) is 10.6. The largest absolute Gasteiger partial charge is 0.493 e. The number of aryl methyl sites for hydroxylation is 3. The number of imidazole rings is 1. The van der Waals surface area contributed by atoms with E-state index in [1.54, 1.807) is 7.11 Å². The van der Waals surface area contributed by atoms with Crippen molar-refractivity contribution in [1.82, 2.24) is 9.55 Å². The van der Waals surface area contributed by atoms with Crippen LogP contribution >= 0.6 is 0 Å². The molecule has 1 heterocycles. The molecule has 0 aliphatic heterocycles. The summed E-state index contributed by atoms with van der Waals surface area (Å²) in [5.41, 5.74) is 4.44.